The highest BCUT2D eigenvalue weighted by molar-refractivity contribution is 5.79. The van der Waals surface area contributed by atoms with Crippen molar-refractivity contribution in [3.8, 4) is 0 Å². The maximum atomic E-state index is 12.3. The summed E-state index contributed by atoms with van der Waals surface area (Å²) in [7, 11) is 1.33. The number of hydrogen-bond donors (Lipinski definition) is 2. The Hall–Kier alpha value is -2.08. The Morgan fingerprint density at radius 1 is 1.04 bits per heavy atom. The standard InChI is InChI=1S/C18H28N2O4.C2H6/c1-12(2)24-17(22)20-18(4,5)15(16(21)23-6)19-13(3)14-10-8-7-9-11-14;1-2/h7-13,15,19H,1-6H3,(H,20,22);1-2H3/t13-,15+;/m0./s1. The van der Waals surface area contributed by atoms with Crippen LogP contribution in [0.2, 0.25) is 0 Å². The van der Waals surface area contributed by atoms with Gasteiger partial charge in [0.25, 0.3) is 0 Å². The van der Waals surface area contributed by atoms with E-state index in [1.165, 1.54) is 7.11 Å². The predicted molar refractivity (Wildman–Crippen MR) is 104 cm³/mol. The van der Waals surface area contributed by atoms with E-state index in [0.29, 0.717) is 0 Å². The molecule has 6 nitrogen and oxygen atoms in total. The van der Waals surface area contributed by atoms with E-state index in [-0.39, 0.29) is 12.1 Å². The summed E-state index contributed by atoms with van der Waals surface area (Å²) < 4.78 is 10.0. The number of rotatable bonds is 7. The lowest BCUT2D eigenvalue weighted by Crippen LogP contribution is -2.61. The van der Waals surface area contributed by atoms with Crippen molar-refractivity contribution in [1.82, 2.24) is 10.6 Å². The highest BCUT2D eigenvalue weighted by atomic mass is 16.6. The molecule has 0 aromatic heterocycles. The molecule has 0 heterocycles. The first-order valence-electron chi connectivity index (χ1n) is 9.05. The maximum absolute atomic E-state index is 12.3. The normalized spacial score (nSPS) is 13.1. The predicted octanol–water partition coefficient (Wildman–Crippen LogP) is 3.82. The average Bonchev–Trinajstić information content (AvgIpc) is 2.59. The molecule has 0 aliphatic heterocycles. The lowest BCUT2D eigenvalue weighted by Gasteiger charge is -2.35. The first-order valence-corrected chi connectivity index (χ1v) is 9.05. The molecule has 0 aliphatic carbocycles. The molecule has 0 saturated carbocycles. The molecule has 148 valence electrons. The second kappa shape index (κ2) is 11.5. The van der Waals surface area contributed by atoms with Gasteiger partial charge < -0.3 is 14.8 Å². The van der Waals surface area contributed by atoms with Crippen molar-refractivity contribution in [1.29, 1.82) is 0 Å². The molecule has 6 heteroatoms. The van der Waals surface area contributed by atoms with E-state index in [1.54, 1.807) is 27.7 Å². The molecule has 0 radical (unpaired) electrons. The van der Waals surface area contributed by atoms with E-state index in [0.717, 1.165) is 5.56 Å². The average molecular weight is 367 g/mol. The van der Waals surface area contributed by atoms with Crippen molar-refractivity contribution in [2.24, 2.45) is 0 Å². The molecular formula is C20H34N2O4. The summed E-state index contributed by atoms with van der Waals surface area (Å²) in [6.45, 7) is 13.0. The number of nitrogens with one attached hydrogen (secondary N) is 2. The third kappa shape index (κ3) is 7.87. The fraction of sp³-hybridized carbons (Fsp3) is 0.600. The number of alkyl carbamates (subject to hydrolysis) is 1. The number of esters is 1. The van der Waals surface area contributed by atoms with Crippen molar-refractivity contribution in [2.75, 3.05) is 7.11 Å². The number of ether oxygens (including phenoxy) is 2. The number of amides is 1. The third-order valence-electron chi connectivity index (χ3n) is 3.64. The molecule has 2 atom stereocenters. The van der Waals surface area contributed by atoms with Crippen LogP contribution in [0, 0.1) is 0 Å². The van der Waals surface area contributed by atoms with Crippen LogP contribution in [-0.2, 0) is 14.3 Å². The van der Waals surface area contributed by atoms with Crippen LogP contribution in [0.1, 0.15) is 60.1 Å². The van der Waals surface area contributed by atoms with Crippen molar-refractivity contribution >= 4 is 12.1 Å². The maximum Gasteiger partial charge on any atom is 0.407 e. The Labute approximate surface area is 157 Å². The van der Waals surface area contributed by atoms with Crippen LogP contribution in [-0.4, -0.2) is 36.9 Å². The van der Waals surface area contributed by atoms with Crippen LogP contribution in [0.5, 0.6) is 0 Å². The topological polar surface area (TPSA) is 76.7 Å². The van der Waals surface area contributed by atoms with Gasteiger partial charge in [0.2, 0.25) is 0 Å². The molecular weight excluding hydrogens is 332 g/mol. The zero-order chi connectivity index (χ0) is 20.3. The number of methoxy groups -OCH3 is 1. The smallest absolute Gasteiger partial charge is 0.407 e. The van der Waals surface area contributed by atoms with Gasteiger partial charge in [-0.05, 0) is 40.2 Å². The molecule has 1 amide bonds. The Balaban J connectivity index is 0.00000301. The van der Waals surface area contributed by atoms with Gasteiger partial charge in [0.05, 0.1) is 18.8 Å². The highest BCUT2D eigenvalue weighted by Gasteiger charge is 2.38. The number of hydrogen-bond acceptors (Lipinski definition) is 5. The van der Waals surface area contributed by atoms with Crippen LogP contribution < -0.4 is 10.6 Å². The molecule has 0 aliphatic rings. The fourth-order valence-corrected chi connectivity index (χ4v) is 2.36. The Morgan fingerprint density at radius 2 is 1.58 bits per heavy atom. The number of benzene rings is 1. The molecule has 0 unspecified atom stereocenters. The quantitative estimate of drug-likeness (QED) is 0.718. The van der Waals surface area contributed by atoms with Crippen LogP contribution in [0.25, 0.3) is 0 Å². The molecule has 26 heavy (non-hydrogen) atoms. The molecule has 2 N–H and O–H groups in total. The van der Waals surface area contributed by atoms with Crippen molar-refractivity contribution in [2.45, 2.75) is 72.2 Å². The van der Waals surface area contributed by atoms with Crippen LogP contribution in [0.15, 0.2) is 30.3 Å². The number of carbonyl (C=O) groups is 2. The van der Waals surface area contributed by atoms with Gasteiger partial charge in [0, 0.05) is 6.04 Å². The molecule has 1 aromatic rings. The van der Waals surface area contributed by atoms with Gasteiger partial charge >= 0.3 is 12.1 Å². The van der Waals surface area contributed by atoms with Gasteiger partial charge in [0.15, 0.2) is 0 Å². The van der Waals surface area contributed by atoms with Crippen molar-refractivity contribution < 1.29 is 19.1 Å². The minimum absolute atomic E-state index is 0.0995. The first kappa shape index (κ1) is 23.9. The largest absolute Gasteiger partial charge is 0.468 e. The summed E-state index contributed by atoms with van der Waals surface area (Å²) in [5.41, 5.74) is 0.134. The fourth-order valence-electron chi connectivity index (χ4n) is 2.36. The van der Waals surface area contributed by atoms with E-state index in [1.807, 2.05) is 51.1 Å². The van der Waals surface area contributed by atoms with Crippen molar-refractivity contribution in [3.05, 3.63) is 35.9 Å². The third-order valence-corrected chi connectivity index (χ3v) is 3.64. The van der Waals surface area contributed by atoms with E-state index < -0.39 is 23.6 Å². The molecule has 0 bridgehead atoms. The Bertz CT molecular complexity index is 544. The summed E-state index contributed by atoms with van der Waals surface area (Å²) in [4.78, 5) is 24.2. The van der Waals surface area contributed by atoms with E-state index >= 15 is 0 Å². The minimum atomic E-state index is -0.901. The first-order chi connectivity index (χ1) is 12.2. The summed E-state index contributed by atoms with van der Waals surface area (Å²) in [6.07, 6.45) is -0.813. The molecule has 0 saturated heterocycles. The minimum Gasteiger partial charge on any atom is -0.468 e. The van der Waals surface area contributed by atoms with E-state index in [4.69, 9.17) is 9.47 Å². The van der Waals surface area contributed by atoms with Crippen molar-refractivity contribution in [3.63, 3.8) is 0 Å². The lowest BCUT2D eigenvalue weighted by atomic mass is 9.93. The molecule has 0 fully saturated rings. The van der Waals surface area contributed by atoms with E-state index in [9.17, 15) is 9.59 Å². The second-order valence-corrected chi connectivity index (χ2v) is 6.56. The van der Waals surface area contributed by atoms with Gasteiger partial charge in [0.1, 0.15) is 6.04 Å². The van der Waals surface area contributed by atoms with Gasteiger partial charge in [-0.1, -0.05) is 44.2 Å². The SMILES string of the molecule is CC.COC(=O)[C@@H](N[C@@H](C)c1ccccc1)C(C)(C)NC(=O)OC(C)C. The summed E-state index contributed by atoms with van der Waals surface area (Å²) in [5, 5.41) is 5.97. The summed E-state index contributed by atoms with van der Waals surface area (Å²) in [5.74, 6) is -0.451. The highest BCUT2D eigenvalue weighted by Crippen LogP contribution is 2.18. The zero-order valence-corrected chi connectivity index (χ0v) is 17.3. The lowest BCUT2D eigenvalue weighted by molar-refractivity contribution is -0.145. The van der Waals surface area contributed by atoms with Crippen LogP contribution >= 0.6 is 0 Å². The van der Waals surface area contributed by atoms with Gasteiger partial charge in [-0.3, -0.25) is 10.1 Å². The molecule has 1 rings (SSSR count). The van der Waals surface area contributed by atoms with Gasteiger partial charge in [-0.15, -0.1) is 0 Å². The Morgan fingerprint density at radius 3 is 2.04 bits per heavy atom. The van der Waals surface area contributed by atoms with Crippen LogP contribution in [0.3, 0.4) is 0 Å². The summed E-state index contributed by atoms with van der Waals surface area (Å²) in [6, 6.07) is 8.91. The summed E-state index contributed by atoms with van der Waals surface area (Å²) >= 11 is 0. The number of carbonyl (C=O) groups excluding carboxylic acids is 2. The van der Waals surface area contributed by atoms with Gasteiger partial charge in [-0.2, -0.15) is 0 Å². The monoisotopic (exact) mass is 366 g/mol. The van der Waals surface area contributed by atoms with Gasteiger partial charge in [-0.25, -0.2) is 4.79 Å². The van der Waals surface area contributed by atoms with E-state index in [2.05, 4.69) is 10.6 Å². The molecule has 1 aromatic carbocycles. The molecule has 0 spiro atoms. The zero-order valence-electron chi connectivity index (χ0n) is 17.3. The Kier molecular flexibility index (Phi) is 10.6. The van der Waals surface area contributed by atoms with Crippen LogP contribution in [0.4, 0.5) is 4.79 Å². The second-order valence-electron chi connectivity index (χ2n) is 6.56.